The first-order chi connectivity index (χ1) is 21.0. The summed E-state index contributed by atoms with van der Waals surface area (Å²) in [5, 5.41) is 36.8. The average Bonchev–Trinajstić information content (AvgIpc) is 3.65. The first kappa shape index (κ1) is 25.0. The quantitative estimate of drug-likeness (QED) is 0.121. The SMILES string of the molecule is N#CNC(=Nc1ccc2[nH]c3c(c2c1)C[C@@]1(O)[C@@H]2Cc4ccc(O)c5c4[C@@]1(CCN2CC1CC1)[C@H]3O5)Oc1ccccc1. The monoisotopic (exact) mass is 573 g/mol. The summed E-state index contributed by atoms with van der Waals surface area (Å²) in [7, 11) is 0. The maximum atomic E-state index is 13.1. The number of nitrogens with one attached hydrogen (secondary N) is 2. The van der Waals surface area contributed by atoms with Crippen LogP contribution >= 0.6 is 0 Å². The third kappa shape index (κ3) is 3.42. The minimum Gasteiger partial charge on any atom is -0.504 e. The fraction of sp³-hybridized carbons (Fsp3) is 0.353. The molecule has 2 aliphatic heterocycles. The second-order valence-electron chi connectivity index (χ2n) is 12.7. The van der Waals surface area contributed by atoms with Gasteiger partial charge < -0.3 is 24.7 Å². The highest BCUT2D eigenvalue weighted by atomic mass is 16.5. The second kappa shape index (κ2) is 8.75. The third-order valence-electron chi connectivity index (χ3n) is 10.5. The lowest BCUT2D eigenvalue weighted by atomic mass is 9.49. The van der Waals surface area contributed by atoms with Crippen LogP contribution in [0.15, 0.2) is 65.7 Å². The van der Waals surface area contributed by atoms with Crippen LogP contribution in [-0.2, 0) is 18.3 Å². The number of likely N-dealkylation sites (tertiary alicyclic amines) is 1. The highest BCUT2D eigenvalue weighted by molar-refractivity contribution is 5.90. The van der Waals surface area contributed by atoms with Gasteiger partial charge in [0.15, 0.2) is 23.8 Å². The van der Waals surface area contributed by atoms with Crippen molar-refractivity contribution in [2.45, 2.75) is 55.3 Å². The molecule has 0 radical (unpaired) electrons. The number of benzene rings is 3. The number of nitriles is 1. The highest BCUT2D eigenvalue weighted by Gasteiger charge is 2.72. The number of aliphatic hydroxyl groups is 1. The molecular formula is C34H31N5O4. The zero-order chi connectivity index (χ0) is 28.9. The standard InChI is InChI=1S/C34H31N5O4/c35-18-36-32(42-22-4-2-1-3-5-22)37-21-9-10-25-23(15-21)24-16-34(41)27-14-20-8-11-26(40)30-28(20)33(34,31(43-30)29(24)38-25)12-13-39(27)17-19-6-7-19/h1-5,8-11,15,19,27,31,38,40-41H,6-7,12-14,16-17H2,(H,36,37)/t27-,31-,33-,34+/m0/s1. The Hall–Kier alpha value is -4.52. The Kier molecular flexibility index (Phi) is 5.09. The number of amidine groups is 1. The van der Waals surface area contributed by atoms with Crippen molar-refractivity contribution in [3.63, 3.8) is 0 Å². The zero-order valence-corrected chi connectivity index (χ0v) is 23.5. The fourth-order valence-electron chi connectivity index (χ4n) is 8.52. The minimum atomic E-state index is -1.07. The van der Waals surface area contributed by atoms with E-state index in [0.717, 1.165) is 53.7 Å². The molecule has 4 atom stereocenters. The fourth-order valence-corrected chi connectivity index (χ4v) is 8.52. The van der Waals surface area contributed by atoms with E-state index in [4.69, 9.17) is 9.47 Å². The number of rotatable bonds is 4. The minimum absolute atomic E-state index is 0.0408. The number of aromatic nitrogens is 1. The number of aliphatic imine (C=N–C) groups is 1. The van der Waals surface area contributed by atoms with E-state index in [0.29, 0.717) is 29.5 Å². The summed E-state index contributed by atoms with van der Waals surface area (Å²) in [5.74, 6) is 1.94. The Labute approximate surface area is 248 Å². The molecule has 1 saturated heterocycles. The molecule has 9 rings (SSSR count). The van der Waals surface area contributed by atoms with Gasteiger partial charge >= 0.3 is 6.02 Å². The van der Waals surface area contributed by atoms with Gasteiger partial charge in [0.25, 0.3) is 0 Å². The number of nitrogens with zero attached hydrogens (tertiary/aromatic N) is 3. The van der Waals surface area contributed by atoms with Gasteiger partial charge in [-0.1, -0.05) is 24.3 Å². The first-order valence-corrected chi connectivity index (χ1v) is 15.1. The molecule has 43 heavy (non-hydrogen) atoms. The second-order valence-corrected chi connectivity index (χ2v) is 12.7. The number of para-hydroxylation sites is 1. The van der Waals surface area contributed by atoms with Gasteiger partial charge in [0, 0.05) is 35.5 Å². The van der Waals surface area contributed by atoms with Gasteiger partial charge in [-0.05, 0) is 85.7 Å². The molecule has 9 nitrogen and oxygen atoms in total. The Balaban J connectivity index is 1.18. The van der Waals surface area contributed by atoms with Crippen molar-refractivity contribution in [3.05, 3.63) is 83.0 Å². The molecular weight excluding hydrogens is 542 g/mol. The predicted octanol–water partition coefficient (Wildman–Crippen LogP) is 4.71. The molecule has 3 aliphatic carbocycles. The Morgan fingerprint density at radius 3 is 2.86 bits per heavy atom. The number of piperidine rings is 1. The zero-order valence-electron chi connectivity index (χ0n) is 23.5. The molecule has 5 aliphatic rings. The van der Waals surface area contributed by atoms with E-state index in [1.165, 1.54) is 18.4 Å². The van der Waals surface area contributed by atoms with E-state index in [1.807, 2.05) is 48.7 Å². The molecule has 3 heterocycles. The number of aromatic hydroxyl groups is 1. The molecule has 3 aromatic carbocycles. The van der Waals surface area contributed by atoms with Crippen molar-refractivity contribution >= 4 is 22.6 Å². The number of phenols is 1. The van der Waals surface area contributed by atoms with Crippen molar-refractivity contribution in [2.24, 2.45) is 10.9 Å². The van der Waals surface area contributed by atoms with Crippen LogP contribution in [0.25, 0.3) is 10.9 Å². The van der Waals surface area contributed by atoms with Crippen LogP contribution in [0.4, 0.5) is 5.69 Å². The average molecular weight is 574 g/mol. The number of ether oxygens (including phenoxy) is 2. The summed E-state index contributed by atoms with van der Waals surface area (Å²) in [5.41, 5.74) is 3.99. The van der Waals surface area contributed by atoms with Crippen LogP contribution < -0.4 is 14.8 Å². The van der Waals surface area contributed by atoms with Crippen LogP contribution in [-0.4, -0.2) is 50.9 Å². The normalized spacial score (nSPS) is 28.5. The smallest absolute Gasteiger partial charge is 0.309 e. The van der Waals surface area contributed by atoms with E-state index in [1.54, 1.807) is 18.2 Å². The summed E-state index contributed by atoms with van der Waals surface area (Å²) < 4.78 is 12.5. The summed E-state index contributed by atoms with van der Waals surface area (Å²) in [6, 6.07) is 18.8. The van der Waals surface area contributed by atoms with Gasteiger partial charge in [-0.3, -0.25) is 4.90 Å². The Morgan fingerprint density at radius 2 is 2.05 bits per heavy atom. The number of hydrogen-bond acceptors (Lipinski definition) is 7. The molecule has 9 heteroatoms. The number of hydrogen-bond donors (Lipinski definition) is 4. The molecule has 2 bridgehead atoms. The summed E-state index contributed by atoms with van der Waals surface area (Å²) in [6.07, 6.45) is 5.97. The first-order valence-electron chi connectivity index (χ1n) is 15.1. The lowest BCUT2D eigenvalue weighted by Crippen LogP contribution is -2.74. The van der Waals surface area contributed by atoms with E-state index in [2.05, 4.69) is 20.2 Å². The summed E-state index contributed by atoms with van der Waals surface area (Å²) >= 11 is 0. The van der Waals surface area contributed by atoms with Gasteiger partial charge in [0.1, 0.15) is 5.75 Å². The maximum Gasteiger partial charge on any atom is 0.309 e. The van der Waals surface area contributed by atoms with Gasteiger partial charge in [-0.2, -0.15) is 10.3 Å². The molecule has 2 fully saturated rings. The van der Waals surface area contributed by atoms with E-state index >= 15 is 0 Å². The van der Waals surface area contributed by atoms with Gasteiger partial charge in [-0.25, -0.2) is 5.32 Å². The largest absolute Gasteiger partial charge is 0.504 e. The van der Waals surface area contributed by atoms with Crippen molar-refractivity contribution in [1.29, 1.82) is 5.26 Å². The van der Waals surface area contributed by atoms with Crippen molar-refractivity contribution in [2.75, 3.05) is 13.1 Å². The van der Waals surface area contributed by atoms with Crippen LogP contribution in [0.1, 0.15) is 47.8 Å². The van der Waals surface area contributed by atoms with E-state index in [9.17, 15) is 15.5 Å². The topological polar surface area (TPSA) is 126 Å². The highest BCUT2D eigenvalue weighted by Crippen LogP contribution is 2.69. The van der Waals surface area contributed by atoms with Gasteiger partial charge in [0.2, 0.25) is 0 Å². The lowest BCUT2D eigenvalue weighted by Gasteiger charge is -2.62. The molecule has 0 amide bonds. The maximum absolute atomic E-state index is 13.1. The van der Waals surface area contributed by atoms with Crippen LogP contribution in [0.3, 0.4) is 0 Å². The molecule has 1 saturated carbocycles. The summed E-state index contributed by atoms with van der Waals surface area (Å²) in [6.45, 7) is 1.92. The van der Waals surface area contributed by atoms with Crippen LogP contribution in [0, 0.1) is 17.4 Å². The molecule has 216 valence electrons. The molecule has 0 unspecified atom stereocenters. The van der Waals surface area contributed by atoms with Gasteiger partial charge in [-0.15, -0.1) is 0 Å². The Bertz CT molecular complexity index is 1880. The van der Waals surface area contributed by atoms with E-state index < -0.39 is 17.1 Å². The molecule has 4 N–H and O–H groups in total. The number of H-pyrrole nitrogens is 1. The molecule has 1 aromatic heterocycles. The van der Waals surface area contributed by atoms with Crippen LogP contribution in [0.2, 0.25) is 0 Å². The lowest BCUT2D eigenvalue weighted by molar-refractivity contribution is -0.173. The van der Waals surface area contributed by atoms with Crippen LogP contribution in [0.5, 0.6) is 17.2 Å². The Morgan fingerprint density at radius 1 is 1.19 bits per heavy atom. The number of fused-ring (bicyclic) bond motifs is 4. The van der Waals surface area contributed by atoms with Crippen molar-refractivity contribution < 1.29 is 19.7 Å². The third-order valence-corrected chi connectivity index (χ3v) is 10.5. The predicted molar refractivity (Wildman–Crippen MR) is 159 cm³/mol. The number of aromatic amines is 1. The van der Waals surface area contributed by atoms with Crippen molar-refractivity contribution in [1.82, 2.24) is 15.2 Å². The number of phenolic OH excluding ortho intramolecular Hbond substituents is 1. The van der Waals surface area contributed by atoms with Gasteiger partial charge in [0.05, 0.1) is 22.4 Å². The van der Waals surface area contributed by atoms with Crippen molar-refractivity contribution in [3.8, 4) is 23.4 Å². The molecule has 1 spiro atoms. The molecule has 4 aromatic rings. The summed E-state index contributed by atoms with van der Waals surface area (Å²) in [4.78, 5) is 10.8. The van der Waals surface area contributed by atoms with E-state index in [-0.39, 0.29) is 17.8 Å².